The summed E-state index contributed by atoms with van der Waals surface area (Å²) in [4.78, 5) is 33.8. The number of nitrogens with zero attached hydrogens (tertiary/aromatic N) is 4. The van der Waals surface area contributed by atoms with Crippen LogP contribution in [0.4, 0.5) is 20.6 Å². The van der Waals surface area contributed by atoms with E-state index in [0.717, 1.165) is 56.9 Å². The molecule has 38 heavy (non-hydrogen) atoms. The van der Waals surface area contributed by atoms with Crippen molar-refractivity contribution in [2.24, 2.45) is 5.92 Å². The van der Waals surface area contributed by atoms with Gasteiger partial charge in [-0.25, -0.2) is 9.18 Å². The second-order valence-corrected chi connectivity index (χ2v) is 11.6. The van der Waals surface area contributed by atoms with E-state index in [0.29, 0.717) is 6.54 Å². The average Bonchev–Trinajstić information content (AvgIpc) is 2.88. The Hall–Kier alpha value is -3.13. The highest BCUT2D eigenvalue weighted by atomic mass is 19.1. The summed E-state index contributed by atoms with van der Waals surface area (Å²) in [7, 11) is 1.85. The second-order valence-electron chi connectivity index (χ2n) is 11.6. The molecule has 206 valence electrons. The first kappa shape index (κ1) is 27.9. The fourth-order valence-electron chi connectivity index (χ4n) is 5.29. The largest absolute Gasteiger partial charge is 0.444 e. The summed E-state index contributed by atoms with van der Waals surface area (Å²) in [6, 6.07) is 14.8. The average molecular weight is 525 g/mol. The van der Waals surface area contributed by atoms with Gasteiger partial charge in [0.2, 0.25) is 5.91 Å². The Morgan fingerprint density at radius 2 is 1.61 bits per heavy atom. The molecular weight excluding hydrogens is 483 g/mol. The van der Waals surface area contributed by atoms with Crippen LogP contribution in [0.1, 0.15) is 46.1 Å². The fraction of sp³-hybridized carbons (Fsp3) is 0.533. The molecule has 2 aliphatic heterocycles. The van der Waals surface area contributed by atoms with Crippen molar-refractivity contribution in [1.29, 1.82) is 0 Å². The third-order valence-corrected chi connectivity index (χ3v) is 7.44. The van der Waals surface area contributed by atoms with Crippen molar-refractivity contribution < 1.29 is 18.7 Å². The molecule has 2 heterocycles. The molecular formula is C30H41FN4O3. The minimum Gasteiger partial charge on any atom is -0.444 e. The normalized spacial score (nSPS) is 19.4. The molecule has 4 rings (SSSR count). The van der Waals surface area contributed by atoms with E-state index in [4.69, 9.17) is 4.74 Å². The van der Waals surface area contributed by atoms with Gasteiger partial charge in [-0.05, 0) is 82.5 Å². The van der Waals surface area contributed by atoms with E-state index in [1.165, 1.54) is 17.7 Å². The first-order chi connectivity index (χ1) is 18.0. The van der Waals surface area contributed by atoms with Crippen LogP contribution < -0.4 is 9.80 Å². The quantitative estimate of drug-likeness (QED) is 0.542. The minimum absolute atomic E-state index is 0.0147. The summed E-state index contributed by atoms with van der Waals surface area (Å²) in [6.45, 7) is 12.3. The predicted molar refractivity (Wildman–Crippen MR) is 149 cm³/mol. The highest BCUT2D eigenvalue weighted by Gasteiger charge is 2.31. The highest BCUT2D eigenvalue weighted by molar-refractivity contribution is 5.94. The topological polar surface area (TPSA) is 56.3 Å². The van der Waals surface area contributed by atoms with Crippen LogP contribution in [0.2, 0.25) is 0 Å². The number of amides is 2. The molecule has 0 aromatic heterocycles. The van der Waals surface area contributed by atoms with Gasteiger partial charge in [0, 0.05) is 69.7 Å². The Morgan fingerprint density at radius 3 is 2.18 bits per heavy atom. The number of anilines is 2. The number of carbonyl (C=O) groups excluding carboxylic acids is 2. The number of carbonyl (C=O) groups is 2. The Labute approximate surface area is 226 Å². The summed E-state index contributed by atoms with van der Waals surface area (Å²) >= 11 is 0. The van der Waals surface area contributed by atoms with Gasteiger partial charge in [0.15, 0.2) is 0 Å². The molecule has 8 heteroatoms. The number of piperazine rings is 1. The third-order valence-electron chi connectivity index (χ3n) is 7.44. The smallest absolute Gasteiger partial charge is 0.410 e. The summed E-state index contributed by atoms with van der Waals surface area (Å²) in [6.07, 6.45) is 1.32. The predicted octanol–water partition coefficient (Wildman–Crippen LogP) is 5.15. The Bertz CT molecular complexity index is 1090. The molecule has 7 nitrogen and oxygen atoms in total. The van der Waals surface area contributed by atoms with Gasteiger partial charge < -0.3 is 19.4 Å². The minimum atomic E-state index is -0.494. The number of ether oxygens (including phenoxy) is 1. The van der Waals surface area contributed by atoms with Gasteiger partial charge in [-0.3, -0.25) is 9.69 Å². The van der Waals surface area contributed by atoms with E-state index in [2.05, 4.69) is 28.9 Å². The zero-order chi connectivity index (χ0) is 27.4. The van der Waals surface area contributed by atoms with E-state index in [9.17, 15) is 14.0 Å². The van der Waals surface area contributed by atoms with Crippen LogP contribution in [0.5, 0.6) is 0 Å². The van der Waals surface area contributed by atoms with Gasteiger partial charge in [-0.1, -0.05) is 12.1 Å². The first-order valence-electron chi connectivity index (χ1n) is 13.6. The lowest BCUT2D eigenvalue weighted by Gasteiger charge is -2.40. The summed E-state index contributed by atoms with van der Waals surface area (Å²) in [5.41, 5.74) is 2.58. The lowest BCUT2D eigenvalue weighted by molar-refractivity contribution is -0.122. The maximum atomic E-state index is 13.2. The van der Waals surface area contributed by atoms with Crippen LogP contribution in [0.25, 0.3) is 0 Å². The SMILES string of the molecule is C[C@H]1CN(Cc2ccc(N(C)C(=O)C3CCN(c4ccc(F)cc4)CC3)cc2)CCN1C(=O)OC(C)(C)C. The van der Waals surface area contributed by atoms with E-state index in [1.807, 2.05) is 44.9 Å². The van der Waals surface area contributed by atoms with Crippen molar-refractivity contribution in [2.75, 3.05) is 49.6 Å². The van der Waals surface area contributed by atoms with Crippen LogP contribution in [-0.4, -0.2) is 73.2 Å². The molecule has 2 aromatic carbocycles. The van der Waals surface area contributed by atoms with Gasteiger partial charge in [0.1, 0.15) is 11.4 Å². The number of halogens is 1. The molecule has 2 aromatic rings. The van der Waals surface area contributed by atoms with E-state index < -0.39 is 5.60 Å². The number of hydrogen-bond acceptors (Lipinski definition) is 5. The fourth-order valence-corrected chi connectivity index (χ4v) is 5.29. The molecule has 0 aliphatic carbocycles. The lowest BCUT2D eigenvalue weighted by Crippen LogP contribution is -2.54. The summed E-state index contributed by atoms with van der Waals surface area (Å²) < 4.78 is 18.8. The van der Waals surface area contributed by atoms with Crippen molar-refractivity contribution in [2.45, 2.75) is 58.7 Å². The van der Waals surface area contributed by atoms with E-state index in [1.54, 1.807) is 17.0 Å². The third kappa shape index (κ3) is 7.04. The standard InChI is InChI=1S/C30H41FN4O3/c1-22-20-33(18-19-35(22)29(37)38-30(2,3)4)21-23-6-10-26(11-7-23)32(5)28(36)24-14-16-34(17-15-24)27-12-8-25(31)9-13-27/h6-13,22,24H,14-21H2,1-5H3/t22-/m0/s1. The monoisotopic (exact) mass is 524 g/mol. The van der Waals surface area contributed by atoms with Crippen molar-refractivity contribution in [3.63, 3.8) is 0 Å². The summed E-state index contributed by atoms with van der Waals surface area (Å²) in [5.74, 6) is -0.107. The molecule has 2 amide bonds. The molecule has 1 atom stereocenters. The van der Waals surface area contributed by atoms with E-state index >= 15 is 0 Å². The Balaban J connectivity index is 1.26. The number of piperidine rings is 1. The van der Waals surface area contributed by atoms with Crippen molar-refractivity contribution >= 4 is 23.4 Å². The zero-order valence-electron chi connectivity index (χ0n) is 23.3. The van der Waals surface area contributed by atoms with Crippen molar-refractivity contribution in [3.05, 3.63) is 59.9 Å². The van der Waals surface area contributed by atoms with Crippen LogP contribution in [0, 0.1) is 11.7 Å². The van der Waals surface area contributed by atoms with Gasteiger partial charge in [0.05, 0.1) is 0 Å². The zero-order valence-corrected chi connectivity index (χ0v) is 23.3. The maximum Gasteiger partial charge on any atom is 0.410 e. The Kier molecular flexibility index (Phi) is 8.61. The van der Waals surface area contributed by atoms with Crippen molar-refractivity contribution in [1.82, 2.24) is 9.80 Å². The van der Waals surface area contributed by atoms with Gasteiger partial charge in [-0.15, -0.1) is 0 Å². The van der Waals surface area contributed by atoms with Crippen LogP contribution >= 0.6 is 0 Å². The molecule has 0 spiro atoms. The molecule has 0 unspecified atom stereocenters. The van der Waals surface area contributed by atoms with Gasteiger partial charge in [-0.2, -0.15) is 0 Å². The highest BCUT2D eigenvalue weighted by Crippen LogP contribution is 2.27. The van der Waals surface area contributed by atoms with Crippen LogP contribution in [0.15, 0.2) is 48.5 Å². The van der Waals surface area contributed by atoms with Crippen LogP contribution in [-0.2, 0) is 16.1 Å². The molecule has 2 fully saturated rings. The van der Waals surface area contributed by atoms with Crippen LogP contribution in [0.3, 0.4) is 0 Å². The number of hydrogen-bond donors (Lipinski definition) is 0. The van der Waals surface area contributed by atoms with Gasteiger partial charge >= 0.3 is 6.09 Å². The molecule has 2 saturated heterocycles. The molecule has 2 aliphatic rings. The maximum absolute atomic E-state index is 13.2. The second kappa shape index (κ2) is 11.7. The number of benzene rings is 2. The van der Waals surface area contributed by atoms with Crippen molar-refractivity contribution in [3.8, 4) is 0 Å². The van der Waals surface area contributed by atoms with E-state index in [-0.39, 0.29) is 29.8 Å². The Morgan fingerprint density at radius 1 is 0.974 bits per heavy atom. The molecule has 0 saturated carbocycles. The van der Waals surface area contributed by atoms with Gasteiger partial charge in [0.25, 0.3) is 0 Å². The lowest BCUT2D eigenvalue weighted by atomic mass is 9.94. The molecule has 0 bridgehead atoms. The first-order valence-corrected chi connectivity index (χ1v) is 13.6. The summed E-state index contributed by atoms with van der Waals surface area (Å²) in [5, 5.41) is 0. The molecule has 0 radical (unpaired) electrons. The number of rotatable bonds is 5. The molecule has 0 N–H and O–H groups in total.